The number of aromatic nitrogens is 2. The van der Waals surface area contributed by atoms with Crippen LogP contribution >= 0.6 is 0 Å². The summed E-state index contributed by atoms with van der Waals surface area (Å²) in [6, 6.07) is 0.311. The largest absolute Gasteiger partial charge is 0.353 e. The highest BCUT2D eigenvalue weighted by Crippen LogP contribution is 2.14. The molecule has 0 radical (unpaired) electrons. The van der Waals surface area contributed by atoms with E-state index in [1.807, 2.05) is 17.9 Å². The van der Waals surface area contributed by atoms with Crippen molar-refractivity contribution < 1.29 is 4.79 Å². The van der Waals surface area contributed by atoms with Crippen LogP contribution in [0.3, 0.4) is 0 Å². The van der Waals surface area contributed by atoms with Gasteiger partial charge in [-0.2, -0.15) is 5.10 Å². The van der Waals surface area contributed by atoms with Gasteiger partial charge >= 0.3 is 0 Å². The Hall–Kier alpha value is -1.32. The van der Waals surface area contributed by atoms with E-state index in [0.29, 0.717) is 12.5 Å². The normalized spacial score (nSPS) is 21.3. The fourth-order valence-corrected chi connectivity index (χ4v) is 1.84. The zero-order valence-electron chi connectivity index (χ0n) is 8.58. The first kappa shape index (κ1) is 9.24. The van der Waals surface area contributed by atoms with Gasteiger partial charge in [-0.25, -0.2) is 0 Å². The summed E-state index contributed by atoms with van der Waals surface area (Å²) in [5, 5.41) is 7.14. The van der Waals surface area contributed by atoms with Crippen molar-refractivity contribution in [1.82, 2.24) is 15.1 Å². The van der Waals surface area contributed by atoms with Gasteiger partial charge in [0, 0.05) is 25.2 Å². The Bertz CT molecular complexity index is 356. The van der Waals surface area contributed by atoms with Crippen LogP contribution in [-0.2, 0) is 18.3 Å². The van der Waals surface area contributed by atoms with E-state index in [4.69, 9.17) is 0 Å². The average molecular weight is 193 g/mol. The molecule has 1 aromatic rings. The molecule has 1 amide bonds. The average Bonchev–Trinajstić information content (AvgIpc) is 2.67. The summed E-state index contributed by atoms with van der Waals surface area (Å²) in [4.78, 5) is 11.0. The molecule has 1 aromatic heterocycles. The molecule has 4 nitrogen and oxygen atoms in total. The minimum atomic E-state index is 0.177. The lowest BCUT2D eigenvalue weighted by Crippen LogP contribution is -2.27. The van der Waals surface area contributed by atoms with Crippen molar-refractivity contribution in [2.24, 2.45) is 7.05 Å². The van der Waals surface area contributed by atoms with E-state index in [2.05, 4.69) is 17.3 Å². The van der Waals surface area contributed by atoms with Gasteiger partial charge in [0.2, 0.25) is 5.91 Å². The molecule has 1 atom stereocenters. The van der Waals surface area contributed by atoms with Crippen molar-refractivity contribution in [1.29, 1.82) is 0 Å². The predicted octanol–water partition coefficient (Wildman–Crippen LogP) is 0.550. The van der Waals surface area contributed by atoms with Crippen molar-refractivity contribution in [3.05, 3.63) is 17.5 Å². The Kier molecular flexibility index (Phi) is 2.27. The van der Waals surface area contributed by atoms with Crippen LogP contribution in [0.15, 0.2) is 6.20 Å². The highest BCUT2D eigenvalue weighted by atomic mass is 16.1. The van der Waals surface area contributed by atoms with Crippen LogP contribution in [0.1, 0.15) is 24.1 Å². The lowest BCUT2D eigenvalue weighted by atomic mass is 10.1. The Morgan fingerprint density at radius 1 is 1.71 bits per heavy atom. The van der Waals surface area contributed by atoms with Crippen LogP contribution in [0.25, 0.3) is 0 Å². The minimum Gasteiger partial charge on any atom is -0.353 e. The second kappa shape index (κ2) is 3.44. The smallest absolute Gasteiger partial charge is 0.220 e. The van der Waals surface area contributed by atoms with E-state index < -0.39 is 0 Å². The Balaban J connectivity index is 2.04. The third kappa shape index (κ3) is 1.64. The first-order valence-corrected chi connectivity index (χ1v) is 4.93. The number of rotatable bonds is 2. The maximum absolute atomic E-state index is 11.0. The summed E-state index contributed by atoms with van der Waals surface area (Å²) in [7, 11) is 1.94. The van der Waals surface area contributed by atoms with Crippen LogP contribution in [0, 0.1) is 6.92 Å². The van der Waals surface area contributed by atoms with Gasteiger partial charge in [-0.15, -0.1) is 0 Å². The topological polar surface area (TPSA) is 46.9 Å². The molecule has 1 N–H and O–H groups in total. The number of nitrogens with one attached hydrogen (secondary N) is 1. The van der Waals surface area contributed by atoms with Crippen molar-refractivity contribution in [3.8, 4) is 0 Å². The van der Waals surface area contributed by atoms with E-state index in [0.717, 1.165) is 12.8 Å². The molecular formula is C10H15N3O. The lowest BCUT2D eigenvalue weighted by molar-refractivity contribution is -0.119. The quantitative estimate of drug-likeness (QED) is 0.745. The number of hydrogen-bond donors (Lipinski definition) is 1. The fraction of sp³-hybridized carbons (Fsp3) is 0.600. The summed E-state index contributed by atoms with van der Waals surface area (Å²) in [6.45, 7) is 2.05. The standard InChI is InChI=1S/C10H15N3O/c1-7-8(6-11-13(7)2)5-9-3-4-10(14)12-9/h6,9H,3-5H2,1-2H3,(H,12,14)/t9-/m1/s1. The van der Waals surface area contributed by atoms with Gasteiger partial charge in [-0.05, 0) is 25.3 Å². The molecule has 1 fully saturated rings. The molecule has 0 spiro atoms. The second-order valence-electron chi connectivity index (χ2n) is 3.89. The molecule has 0 bridgehead atoms. The van der Waals surface area contributed by atoms with Gasteiger partial charge in [-0.1, -0.05) is 0 Å². The van der Waals surface area contributed by atoms with Crippen LogP contribution in [0.2, 0.25) is 0 Å². The Morgan fingerprint density at radius 2 is 2.50 bits per heavy atom. The number of carbonyl (C=O) groups is 1. The fourth-order valence-electron chi connectivity index (χ4n) is 1.84. The summed E-state index contributed by atoms with van der Waals surface area (Å²) in [5.41, 5.74) is 2.42. The highest BCUT2D eigenvalue weighted by Gasteiger charge is 2.21. The maximum atomic E-state index is 11.0. The minimum absolute atomic E-state index is 0.177. The van der Waals surface area contributed by atoms with Gasteiger partial charge in [0.15, 0.2) is 0 Å². The molecule has 1 aliphatic heterocycles. The lowest BCUT2D eigenvalue weighted by Gasteiger charge is -2.08. The van der Waals surface area contributed by atoms with Gasteiger partial charge in [-0.3, -0.25) is 9.48 Å². The number of hydrogen-bond acceptors (Lipinski definition) is 2. The summed E-state index contributed by atoms with van der Waals surface area (Å²) >= 11 is 0. The number of amides is 1. The van der Waals surface area contributed by atoms with E-state index in [-0.39, 0.29) is 5.91 Å². The van der Waals surface area contributed by atoms with Crippen LogP contribution in [0.4, 0.5) is 0 Å². The number of aryl methyl sites for hydroxylation is 1. The van der Waals surface area contributed by atoms with E-state index in [1.54, 1.807) is 0 Å². The number of carbonyl (C=O) groups excluding carboxylic acids is 1. The molecule has 2 rings (SSSR count). The first-order chi connectivity index (χ1) is 6.66. The molecule has 0 unspecified atom stereocenters. The third-order valence-electron chi connectivity index (χ3n) is 2.89. The molecular weight excluding hydrogens is 178 g/mol. The molecule has 1 aliphatic rings. The zero-order chi connectivity index (χ0) is 10.1. The molecule has 14 heavy (non-hydrogen) atoms. The SMILES string of the molecule is Cc1c(C[C@H]2CCC(=O)N2)cnn1C. The van der Waals surface area contributed by atoms with Crippen molar-refractivity contribution >= 4 is 5.91 Å². The van der Waals surface area contributed by atoms with E-state index in [9.17, 15) is 4.79 Å². The summed E-state index contributed by atoms with van der Waals surface area (Å²) in [6.07, 6.45) is 4.42. The third-order valence-corrected chi connectivity index (χ3v) is 2.89. The molecule has 1 saturated heterocycles. The van der Waals surface area contributed by atoms with Gasteiger partial charge in [0.25, 0.3) is 0 Å². The molecule has 76 valence electrons. The van der Waals surface area contributed by atoms with Crippen LogP contribution in [-0.4, -0.2) is 21.7 Å². The number of nitrogens with zero attached hydrogens (tertiary/aromatic N) is 2. The van der Waals surface area contributed by atoms with Crippen LogP contribution < -0.4 is 5.32 Å². The Labute approximate surface area is 83.3 Å². The van der Waals surface area contributed by atoms with Gasteiger partial charge in [0.05, 0.1) is 6.20 Å². The van der Waals surface area contributed by atoms with E-state index >= 15 is 0 Å². The van der Waals surface area contributed by atoms with Crippen molar-refractivity contribution in [3.63, 3.8) is 0 Å². The highest BCUT2D eigenvalue weighted by molar-refractivity contribution is 5.78. The second-order valence-corrected chi connectivity index (χ2v) is 3.89. The van der Waals surface area contributed by atoms with Crippen molar-refractivity contribution in [2.75, 3.05) is 0 Å². The summed E-state index contributed by atoms with van der Waals surface area (Å²) in [5.74, 6) is 0.177. The van der Waals surface area contributed by atoms with Gasteiger partial charge in [0.1, 0.15) is 0 Å². The molecule has 2 heterocycles. The first-order valence-electron chi connectivity index (χ1n) is 4.93. The van der Waals surface area contributed by atoms with E-state index in [1.165, 1.54) is 11.3 Å². The van der Waals surface area contributed by atoms with Crippen molar-refractivity contribution in [2.45, 2.75) is 32.2 Å². The molecule has 0 saturated carbocycles. The Morgan fingerprint density at radius 3 is 3.00 bits per heavy atom. The molecule has 0 aromatic carbocycles. The monoisotopic (exact) mass is 193 g/mol. The predicted molar refractivity (Wildman–Crippen MR) is 52.8 cm³/mol. The zero-order valence-corrected chi connectivity index (χ0v) is 8.58. The maximum Gasteiger partial charge on any atom is 0.220 e. The molecule has 4 heteroatoms. The summed E-state index contributed by atoms with van der Waals surface area (Å²) < 4.78 is 1.87. The van der Waals surface area contributed by atoms with Crippen LogP contribution in [0.5, 0.6) is 0 Å². The van der Waals surface area contributed by atoms with Gasteiger partial charge < -0.3 is 5.32 Å². The molecule has 0 aliphatic carbocycles.